The van der Waals surface area contributed by atoms with Gasteiger partial charge in [0.2, 0.25) is 5.91 Å². The third kappa shape index (κ3) is 2.35. The molecule has 1 aromatic heterocycles. The van der Waals surface area contributed by atoms with Crippen LogP contribution in [0.3, 0.4) is 0 Å². The maximum atomic E-state index is 12.2. The molecule has 0 aliphatic heterocycles. The van der Waals surface area contributed by atoms with Crippen LogP contribution in [-0.2, 0) is 6.42 Å². The zero-order valence-electron chi connectivity index (χ0n) is 12.1. The van der Waals surface area contributed by atoms with E-state index in [9.17, 15) is 9.59 Å². The van der Waals surface area contributed by atoms with Gasteiger partial charge in [0.1, 0.15) is 0 Å². The monoisotopic (exact) mass is 295 g/mol. The second kappa shape index (κ2) is 5.61. The fourth-order valence-electron chi connectivity index (χ4n) is 2.84. The summed E-state index contributed by atoms with van der Waals surface area (Å²) >= 11 is 0. The van der Waals surface area contributed by atoms with Crippen molar-refractivity contribution in [2.45, 2.75) is 12.8 Å². The Morgan fingerprint density at radius 2 is 1.95 bits per heavy atom. The van der Waals surface area contributed by atoms with Crippen LogP contribution in [0, 0.1) is 0 Å². The van der Waals surface area contributed by atoms with Gasteiger partial charge >= 0.3 is 0 Å². The smallest absolute Gasteiger partial charge is 0.256 e. The standard InChI is InChI=1S/C17H17N3O2/c18-6-1-2-10-8-11-5-7-20-17(22)15(11)14-9-12(16(19)21)3-4-13(10)14/h3-5,7-9H,1-2,6,18H2,(H2,19,21)(H,20,22). The van der Waals surface area contributed by atoms with Gasteiger partial charge in [0, 0.05) is 11.8 Å². The van der Waals surface area contributed by atoms with Crippen LogP contribution >= 0.6 is 0 Å². The Labute approximate surface area is 126 Å². The predicted octanol–water partition coefficient (Wildman–Crippen LogP) is 1.67. The van der Waals surface area contributed by atoms with Crippen molar-refractivity contribution in [1.29, 1.82) is 0 Å². The van der Waals surface area contributed by atoms with Crippen molar-refractivity contribution in [1.82, 2.24) is 4.98 Å². The summed E-state index contributed by atoms with van der Waals surface area (Å²) in [5.74, 6) is -0.505. The number of nitrogens with one attached hydrogen (secondary N) is 1. The van der Waals surface area contributed by atoms with E-state index in [1.807, 2.05) is 18.2 Å². The molecule has 3 rings (SSSR count). The van der Waals surface area contributed by atoms with Crippen molar-refractivity contribution in [3.8, 4) is 0 Å². The van der Waals surface area contributed by atoms with Crippen molar-refractivity contribution in [2.75, 3.05) is 6.54 Å². The summed E-state index contributed by atoms with van der Waals surface area (Å²) in [7, 11) is 0. The SMILES string of the molecule is NCCCc1cc2cc[nH]c(=O)c2c2cc(C(N)=O)ccc12. The first-order chi connectivity index (χ1) is 10.6. The molecule has 5 nitrogen and oxygen atoms in total. The lowest BCUT2D eigenvalue weighted by Crippen LogP contribution is -2.11. The molecule has 1 heterocycles. The molecular weight excluding hydrogens is 278 g/mol. The zero-order valence-corrected chi connectivity index (χ0v) is 12.1. The van der Waals surface area contributed by atoms with E-state index >= 15 is 0 Å². The Balaban J connectivity index is 2.42. The first-order valence-electron chi connectivity index (χ1n) is 7.18. The van der Waals surface area contributed by atoms with Crippen LogP contribution < -0.4 is 17.0 Å². The fraction of sp³-hybridized carbons (Fsp3) is 0.176. The van der Waals surface area contributed by atoms with Gasteiger partial charge in [-0.25, -0.2) is 0 Å². The van der Waals surface area contributed by atoms with Crippen LogP contribution in [0.25, 0.3) is 21.5 Å². The van der Waals surface area contributed by atoms with Gasteiger partial charge in [0.05, 0.1) is 5.39 Å². The van der Waals surface area contributed by atoms with Crippen LogP contribution in [0.2, 0.25) is 0 Å². The Kier molecular flexibility index (Phi) is 3.65. The summed E-state index contributed by atoms with van der Waals surface area (Å²) in [6.07, 6.45) is 3.31. The van der Waals surface area contributed by atoms with Gasteiger partial charge in [-0.05, 0) is 59.3 Å². The second-order valence-electron chi connectivity index (χ2n) is 5.32. The quantitative estimate of drug-likeness (QED) is 0.638. The summed E-state index contributed by atoms with van der Waals surface area (Å²) in [6.45, 7) is 0.605. The molecule has 0 spiro atoms. The Hall–Kier alpha value is -2.66. The van der Waals surface area contributed by atoms with E-state index in [1.165, 1.54) is 0 Å². The average molecular weight is 295 g/mol. The summed E-state index contributed by atoms with van der Waals surface area (Å²) < 4.78 is 0. The molecule has 0 fully saturated rings. The number of nitrogens with two attached hydrogens (primary N) is 2. The molecule has 0 atom stereocenters. The largest absolute Gasteiger partial charge is 0.366 e. The maximum absolute atomic E-state index is 12.2. The van der Waals surface area contributed by atoms with Crippen LogP contribution in [0.4, 0.5) is 0 Å². The lowest BCUT2D eigenvalue weighted by atomic mass is 9.94. The molecule has 112 valence electrons. The number of H-pyrrole nitrogens is 1. The number of aromatic nitrogens is 1. The van der Waals surface area contributed by atoms with Crippen molar-refractivity contribution in [3.63, 3.8) is 0 Å². The molecule has 3 aromatic rings. The predicted molar refractivity (Wildman–Crippen MR) is 88.0 cm³/mol. The lowest BCUT2D eigenvalue weighted by Gasteiger charge is -2.10. The van der Waals surface area contributed by atoms with Gasteiger partial charge in [-0.1, -0.05) is 12.1 Å². The number of hydrogen-bond donors (Lipinski definition) is 3. The van der Waals surface area contributed by atoms with Crippen molar-refractivity contribution < 1.29 is 4.79 Å². The lowest BCUT2D eigenvalue weighted by molar-refractivity contribution is 0.100. The zero-order chi connectivity index (χ0) is 15.7. The summed E-state index contributed by atoms with van der Waals surface area (Å²) in [5.41, 5.74) is 12.3. The number of carbonyl (C=O) groups excluding carboxylic acids is 1. The molecule has 0 bridgehead atoms. The Morgan fingerprint density at radius 1 is 1.14 bits per heavy atom. The van der Waals surface area contributed by atoms with E-state index in [4.69, 9.17) is 11.5 Å². The number of pyridine rings is 1. The van der Waals surface area contributed by atoms with E-state index in [0.29, 0.717) is 17.5 Å². The normalized spacial score (nSPS) is 11.1. The first kappa shape index (κ1) is 14.3. The van der Waals surface area contributed by atoms with Crippen LogP contribution in [0.5, 0.6) is 0 Å². The van der Waals surface area contributed by atoms with E-state index in [0.717, 1.165) is 34.6 Å². The summed E-state index contributed by atoms with van der Waals surface area (Å²) in [6, 6.07) is 9.12. The van der Waals surface area contributed by atoms with Gasteiger partial charge < -0.3 is 16.5 Å². The van der Waals surface area contributed by atoms with Crippen LogP contribution in [0.15, 0.2) is 41.3 Å². The van der Waals surface area contributed by atoms with E-state index < -0.39 is 5.91 Å². The number of rotatable bonds is 4. The highest BCUT2D eigenvalue weighted by Gasteiger charge is 2.11. The number of primary amides is 1. The molecule has 5 heteroatoms. The van der Waals surface area contributed by atoms with Crippen LogP contribution in [0.1, 0.15) is 22.3 Å². The Bertz CT molecular complexity index is 928. The van der Waals surface area contributed by atoms with E-state index in [1.54, 1.807) is 18.3 Å². The fourth-order valence-corrected chi connectivity index (χ4v) is 2.84. The molecule has 0 radical (unpaired) electrons. The number of aromatic amines is 1. The number of benzene rings is 2. The van der Waals surface area contributed by atoms with Gasteiger partial charge in [-0.2, -0.15) is 0 Å². The molecule has 0 saturated heterocycles. The maximum Gasteiger partial charge on any atom is 0.256 e. The highest BCUT2D eigenvalue weighted by molar-refractivity contribution is 6.10. The number of carbonyl (C=O) groups is 1. The Morgan fingerprint density at radius 3 is 2.68 bits per heavy atom. The topological polar surface area (TPSA) is 102 Å². The van der Waals surface area contributed by atoms with Gasteiger partial charge in [0.15, 0.2) is 0 Å². The number of fused-ring (bicyclic) bond motifs is 3. The van der Waals surface area contributed by atoms with Gasteiger partial charge in [-0.15, -0.1) is 0 Å². The van der Waals surface area contributed by atoms with Crippen molar-refractivity contribution in [3.05, 3.63) is 58.0 Å². The highest BCUT2D eigenvalue weighted by Crippen LogP contribution is 2.28. The van der Waals surface area contributed by atoms with Crippen LogP contribution in [-0.4, -0.2) is 17.4 Å². The number of hydrogen-bond acceptors (Lipinski definition) is 3. The second-order valence-corrected chi connectivity index (χ2v) is 5.32. The minimum Gasteiger partial charge on any atom is -0.366 e. The molecular formula is C17H17N3O2. The average Bonchev–Trinajstić information content (AvgIpc) is 2.51. The third-order valence-electron chi connectivity index (χ3n) is 3.89. The molecule has 1 amide bonds. The first-order valence-corrected chi connectivity index (χ1v) is 7.18. The van der Waals surface area contributed by atoms with Crippen molar-refractivity contribution in [2.24, 2.45) is 11.5 Å². The molecule has 0 saturated carbocycles. The minimum absolute atomic E-state index is 0.172. The van der Waals surface area contributed by atoms with Crippen molar-refractivity contribution >= 4 is 27.5 Å². The number of amides is 1. The summed E-state index contributed by atoms with van der Waals surface area (Å²) in [5, 5.41) is 3.15. The highest BCUT2D eigenvalue weighted by atomic mass is 16.1. The minimum atomic E-state index is -0.505. The molecule has 5 N–H and O–H groups in total. The molecule has 2 aromatic carbocycles. The van der Waals surface area contributed by atoms with Gasteiger partial charge in [0.25, 0.3) is 5.56 Å². The van der Waals surface area contributed by atoms with Gasteiger partial charge in [-0.3, -0.25) is 9.59 Å². The molecule has 0 aliphatic rings. The molecule has 22 heavy (non-hydrogen) atoms. The molecule has 0 unspecified atom stereocenters. The van der Waals surface area contributed by atoms with E-state index in [-0.39, 0.29) is 5.56 Å². The summed E-state index contributed by atoms with van der Waals surface area (Å²) in [4.78, 5) is 26.3. The van der Waals surface area contributed by atoms with E-state index in [2.05, 4.69) is 4.98 Å². The number of aryl methyl sites for hydroxylation is 1. The molecule has 0 aliphatic carbocycles. The third-order valence-corrected chi connectivity index (χ3v) is 3.89.